The lowest BCUT2D eigenvalue weighted by atomic mass is 10.3. The van der Waals surface area contributed by atoms with Crippen molar-refractivity contribution in [3.8, 4) is 0 Å². The Morgan fingerprint density at radius 1 is 1.28 bits per heavy atom. The third-order valence-corrected chi connectivity index (χ3v) is 5.84. The van der Waals surface area contributed by atoms with Crippen LogP contribution in [0.2, 0.25) is 6.04 Å². The molecule has 0 saturated heterocycles. The number of esters is 1. The summed E-state index contributed by atoms with van der Waals surface area (Å²) in [4.78, 5) is 10.8. The van der Waals surface area contributed by atoms with E-state index in [1.807, 2.05) is 0 Å². The molecule has 0 aromatic rings. The van der Waals surface area contributed by atoms with Gasteiger partial charge in [-0.2, -0.15) is 0 Å². The first kappa shape index (κ1) is 17.3. The summed E-state index contributed by atoms with van der Waals surface area (Å²) in [6.45, 7) is 5.93. The Labute approximate surface area is 113 Å². The molecule has 106 valence electrons. The van der Waals surface area contributed by atoms with Crippen LogP contribution in [0.4, 0.5) is 0 Å². The molecule has 0 aliphatic carbocycles. The number of rotatable bonds is 11. The molecule has 0 bridgehead atoms. The lowest BCUT2D eigenvalue weighted by Gasteiger charge is -2.29. The van der Waals surface area contributed by atoms with E-state index in [9.17, 15) is 4.79 Å². The molecule has 0 radical (unpaired) electrons. The number of carbonyl (C=O) groups is 1. The summed E-state index contributed by atoms with van der Waals surface area (Å²) in [5.41, 5.74) is -0.296. The Bertz CT molecular complexity index is 231. The zero-order valence-corrected chi connectivity index (χ0v) is 13.3. The van der Waals surface area contributed by atoms with E-state index in [1.54, 1.807) is 14.2 Å². The van der Waals surface area contributed by atoms with Gasteiger partial charge in [0.15, 0.2) is 0 Å². The Hall–Kier alpha value is -0.653. The first-order valence-electron chi connectivity index (χ1n) is 6.53. The number of hydrogen-bond acceptors (Lipinski definition) is 4. The van der Waals surface area contributed by atoms with Gasteiger partial charge in [0.1, 0.15) is 5.41 Å². The predicted molar refractivity (Wildman–Crippen MR) is 75.4 cm³/mol. The van der Waals surface area contributed by atoms with Crippen LogP contribution >= 0.6 is 0 Å². The summed E-state index contributed by atoms with van der Waals surface area (Å²) < 4.78 is 15.8. The first-order chi connectivity index (χ1) is 8.64. The average molecular weight is 274 g/mol. The number of ether oxygens (including phenoxy) is 3. The van der Waals surface area contributed by atoms with E-state index in [0.29, 0.717) is 6.61 Å². The Morgan fingerprint density at radius 3 is 2.44 bits per heavy atom. The minimum absolute atomic E-state index is 0.296. The zero-order chi connectivity index (χ0) is 13.9. The van der Waals surface area contributed by atoms with Crippen molar-refractivity contribution >= 4 is 15.5 Å². The summed E-state index contributed by atoms with van der Waals surface area (Å²) in [6.07, 6.45) is 5.23. The van der Waals surface area contributed by atoms with Crippen molar-refractivity contribution in [1.29, 1.82) is 0 Å². The third-order valence-electron chi connectivity index (χ3n) is 3.15. The molecule has 0 N–H and O–H groups in total. The van der Waals surface area contributed by atoms with Crippen LogP contribution in [-0.2, 0) is 19.0 Å². The fourth-order valence-electron chi connectivity index (χ4n) is 1.83. The summed E-state index contributed by atoms with van der Waals surface area (Å²) >= 11 is 0. The fourth-order valence-corrected chi connectivity index (χ4v) is 3.74. The molecule has 0 aliphatic rings. The first-order valence-corrected chi connectivity index (χ1v) is 8.24. The van der Waals surface area contributed by atoms with Crippen LogP contribution in [0.5, 0.6) is 0 Å². The molecule has 18 heavy (non-hydrogen) atoms. The van der Waals surface area contributed by atoms with Crippen LogP contribution in [0.15, 0.2) is 12.7 Å². The molecule has 0 amide bonds. The van der Waals surface area contributed by atoms with Gasteiger partial charge in [0.05, 0.1) is 16.1 Å². The maximum atomic E-state index is 10.8. The molecule has 0 aliphatic heterocycles. The number of unbranched alkanes of at least 4 members (excludes halogenated alkanes) is 2. The van der Waals surface area contributed by atoms with Gasteiger partial charge in [-0.3, -0.25) is 0 Å². The van der Waals surface area contributed by atoms with E-state index >= 15 is 0 Å². The van der Waals surface area contributed by atoms with Crippen LogP contribution in [0.25, 0.3) is 0 Å². The molecule has 0 fully saturated rings. The maximum absolute atomic E-state index is 10.8. The Balaban J connectivity index is 3.55. The molecule has 0 aromatic carbocycles. The van der Waals surface area contributed by atoms with Crippen molar-refractivity contribution < 1.29 is 19.0 Å². The molecule has 0 heterocycles. The zero-order valence-electron chi connectivity index (χ0n) is 11.9. The van der Waals surface area contributed by atoms with Gasteiger partial charge < -0.3 is 14.2 Å². The summed E-state index contributed by atoms with van der Waals surface area (Å²) in [5.74, 6) is -0.340. The van der Waals surface area contributed by atoms with Gasteiger partial charge >= 0.3 is 5.97 Å². The van der Waals surface area contributed by atoms with Crippen molar-refractivity contribution in [2.45, 2.75) is 44.1 Å². The predicted octanol–water partition coefficient (Wildman–Crippen LogP) is 1.83. The van der Waals surface area contributed by atoms with E-state index in [0.717, 1.165) is 25.7 Å². The molecule has 0 spiro atoms. The summed E-state index contributed by atoms with van der Waals surface area (Å²) in [5, 5.41) is 0. The van der Waals surface area contributed by atoms with E-state index in [1.165, 1.54) is 12.1 Å². The molecule has 0 unspecified atom stereocenters. The van der Waals surface area contributed by atoms with Crippen LogP contribution in [0.1, 0.15) is 32.6 Å². The number of carbonyl (C=O) groups excluding carboxylic acids is 1. The minimum Gasteiger partial charge on any atom is -0.463 e. The van der Waals surface area contributed by atoms with E-state index < -0.39 is 9.52 Å². The van der Waals surface area contributed by atoms with Gasteiger partial charge in [0, 0.05) is 20.3 Å². The van der Waals surface area contributed by atoms with Gasteiger partial charge in [-0.1, -0.05) is 32.4 Å². The van der Waals surface area contributed by atoms with Crippen LogP contribution < -0.4 is 0 Å². The van der Waals surface area contributed by atoms with E-state index in [-0.39, 0.29) is 11.4 Å². The maximum Gasteiger partial charge on any atom is 0.330 e. The second-order valence-electron chi connectivity index (χ2n) is 4.21. The van der Waals surface area contributed by atoms with Gasteiger partial charge in [-0.15, -0.1) is 0 Å². The van der Waals surface area contributed by atoms with Gasteiger partial charge in [-0.05, 0) is 12.8 Å². The second-order valence-corrected chi connectivity index (χ2v) is 6.49. The van der Waals surface area contributed by atoms with Crippen LogP contribution in [0, 0.1) is 0 Å². The third kappa shape index (κ3) is 6.93. The van der Waals surface area contributed by atoms with Crippen LogP contribution in [-0.4, -0.2) is 41.7 Å². The average Bonchev–Trinajstić information content (AvgIpc) is 2.42. The molecule has 4 nitrogen and oxygen atoms in total. The molecular formula is C13H26O4Si. The SMILES string of the molecule is C=CC(=O)OCCCCC[SiH2]C(CC)(OC)OC. The molecular weight excluding hydrogens is 248 g/mol. The smallest absolute Gasteiger partial charge is 0.330 e. The molecule has 0 atom stereocenters. The van der Waals surface area contributed by atoms with Gasteiger partial charge in [0.25, 0.3) is 0 Å². The lowest BCUT2D eigenvalue weighted by molar-refractivity contribution is -0.146. The van der Waals surface area contributed by atoms with Gasteiger partial charge in [-0.25, -0.2) is 4.79 Å². The normalized spacial score (nSPS) is 11.9. The van der Waals surface area contributed by atoms with Crippen LogP contribution in [0.3, 0.4) is 0 Å². The summed E-state index contributed by atoms with van der Waals surface area (Å²) in [6, 6.07) is 1.19. The number of hydrogen-bond donors (Lipinski definition) is 0. The number of methoxy groups -OCH3 is 2. The fraction of sp³-hybridized carbons (Fsp3) is 0.769. The van der Waals surface area contributed by atoms with Crippen molar-refractivity contribution in [3.63, 3.8) is 0 Å². The van der Waals surface area contributed by atoms with Crippen molar-refractivity contribution in [2.24, 2.45) is 0 Å². The van der Waals surface area contributed by atoms with Crippen molar-refractivity contribution in [1.82, 2.24) is 0 Å². The second kappa shape index (κ2) is 10.3. The molecule has 5 heteroatoms. The standard InChI is InChI=1S/C13H26O4Si/c1-5-12(14)17-10-8-7-9-11-18-13(6-2,15-3)16-4/h5H,1,6-11,18H2,2-4H3. The largest absolute Gasteiger partial charge is 0.463 e. The highest BCUT2D eigenvalue weighted by Gasteiger charge is 2.26. The lowest BCUT2D eigenvalue weighted by Crippen LogP contribution is -2.39. The topological polar surface area (TPSA) is 44.8 Å². The molecule has 0 aromatic heterocycles. The van der Waals surface area contributed by atoms with E-state index in [4.69, 9.17) is 14.2 Å². The van der Waals surface area contributed by atoms with Gasteiger partial charge in [0.2, 0.25) is 0 Å². The van der Waals surface area contributed by atoms with Crippen molar-refractivity contribution in [2.75, 3.05) is 20.8 Å². The molecule has 0 saturated carbocycles. The summed E-state index contributed by atoms with van der Waals surface area (Å²) in [7, 11) is 3.03. The highest BCUT2D eigenvalue weighted by Crippen LogP contribution is 2.17. The van der Waals surface area contributed by atoms with Crippen molar-refractivity contribution in [3.05, 3.63) is 12.7 Å². The quantitative estimate of drug-likeness (QED) is 0.190. The van der Waals surface area contributed by atoms with E-state index in [2.05, 4.69) is 13.5 Å². The highest BCUT2D eigenvalue weighted by atomic mass is 28.2. The Kier molecular flexibility index (Phi) is 9.91. The highest BCUT2D eigenvalue weighted by molar-refractivity contribution is 6.38. The Morgan fingerprint density at radius 2 is 1.94 bits per heavy atom. The monoisotopic (exact) mass is 274 g/mol. The molecule has 0 rings (SSSR count). The minimum atomic E-state index is -0.404.